The van der Waals surface area contributed by atoms with Crippen molar-refractivity contribution in [3.63, 3.8) is 0 Å². The van der Waals surface area contributed by atoms with Crippen molar-refractivity contribution in [1.29, 1.82) is 0 Å². The maximum absolute atomic E-state index is 12.6. The summed E-state index contributed by atoms with van der Waals surface area (Å²) in [5.41, 5.74) is 0.365. The van der Waals surface area contributed by atoms with Gasteiger partial charge in [0.15, 0.2) is 5.96 Å². The molecule has 0 unspecified atom stereocenters. The first-order chi connectivity index (χ1) is 13.8. The normalized spacial score (nSPS) is 11.4. The standard InChI is InChI=1S/C20H22ClF3N4O.HI/c1-2-25-19(28-13-14-7-9-15(10-8-14)20(22,23)24)27-12-11-26-18(29)16-5-3-4-6-17(16)21;/h3-10H,2,11-13H2,1H3,(H,26,29)(H2,25,27,28);1H. The van der Waals surface area contributed by atoms with E-state index in [0.29, 0.717) is 41.7 Å². The second-order valence-corrected chi connectivity index (χ2v) is 6.46. The minimum atomic E-state index is -4.35. The lowest BCUT2D eigenvalue weighted by Gasteiger charge is -2.12. The first kappa shape index (κ1) is 26.0. The maximum atomic E-state index is 12.6. The molecule has 0 fully saturated rings. The fraction of sp³-hybridized carbons (Fsp3) is 0.300. The van der Waals surface area contributed by atoms with E-state index in [1.807, 2.05) is 6.92 Å². The van der Waals surface area contributed by atoms with Gasteiger partial charge in [-0.15, -0.1) is 24.0 Å². The second kappa shape index (κ2) is 12.6. The summed E-state index contributed by atoms with van der Waals surface area (Å²) in [4.78, 5) is 16.4. The number of nitrogens with one attached hydrogen (secondary N) is 3. The first-order valence-corrected chi connectivity index (χ1v) is 9.40. The monoisotopic (exact) mass is 554 g/mol. The van der Waals surface area contributed by atoms with Gasteiger partial charge in [0.25, 0.3) is 5.91 Å². The van der Waals surface area contributed by atoms with E-state index in [-0.39, 0.29) is 36.4 Å². The van der Waals surface area contributed by atoms with E-state index in [9.17, 15) is 18.0 Å². The van der Waals surface area contributed by atoms with Crippen molar-refractivity contribution in [3.8, 4) is 0 Å². The zero-order valence-electron chi connectivity index (χ0n) is 16.2. The van der Waals surface area contributed by atoms with E-state index in [0.717, 1.165) is 12.1 Å². The Hall–Kier alpha value is -2.01. The van der Waals surface area contributed by atoms with Crippen LogP contribution in [-0.2, 0) is 12.7 Å². The number of carbonyl (C=O) groups excluding carboxylic acids is 1. The summed E-state index contributed by atoms with van der Waals surface area (Å²) in [5, 5.41) is 9.24. The SMILES string of the molecule is CCNC(=NCc1ccc(C(F)(F)F)cc1)NCCNC(=O)c1ccccc1Cl.I. The molecular weight excluding hydrogens is 532 g/mol. The molecule has 164 valence electrons. The molecule has 2 aromatic rings. The van der Waals surface area contributed by atoms with Crippen LogP contribution in [0.15, 0.2) is 53.5 Å². The Bertz CT molecular complexity index is 845. The largest absolute Gasteiger partial charge is 0.416 e. The zero-order valence-corrected chi connectivity index (χ0v) is 19.3. The Morgan fingerprint density at radius 3 is 2.23 bits per heavy atom. The van der Waals surface area contributed by atoms with E-state index in [1.165, 1.54) is 12.1 Å². The third-order valence-electron chi connectivity index (χ3n) is 3.87. The number of carbonyl (C=O) groups is 1. The highest BCUT2D eigenvalue weighted by molar-refractivity contribution is 14.0. The molecule has 5 nitrogen and oxygen atoms in total. The van der Waals surface area contributed by atoms with Gasteiger partial charge in [-0.3, -0.25) is 4.79 Å². The smallest absolute Gasteiger partial charge is 0.357 e. The number of aliphatic imine (C=N–C) groups is 1. The van der Waals surface area contributed by atoms with Crippen LogP contribution in [0.3, 0.4) is 0 Å². The molecule has 0 radical (unpaired) electrons. The Labute approximate surface area is 195 Å². The summed E-state index contributed by atoms with van der Waals surface area (Å²) in [6.45, 7) is 3.49. The average Bonchev–Trinajstić information content (AvgIpc) is 2.69. The lowest BCUT2D eigenvalue weighted by Crippen LogP contribution is -2.41. The van der Waals surface area contributed by atoms with Crippen LogP contribution in [0.2, 0.25) is 5.02 Å². The highest BCUT2D eigenvalue weighted by atomic mass is 127. The number of benzene rings is 2. The molecule has 2 rings (SSSR count). The van der Waals surface area contributed by atoms with Gasteiger partial charge in [-0.1, -0.05) is 35.9 Å². The molecular formula is C20H23ClF3IN4O. The van der Waals surface area contributed by atoms with E-state index in [2.05, 4.69) is 20.9 Å². The topological polar surface area (TPSA) is 65.5 Å². The Morgan fingerprint density at radius 1 is 1.00 bits per heavy atom. The highest BCUT2D eigenvalue weighted by Gasteiger charge is 2.29. The Balaban J connectivity index is 0.00000450. The molecule has 0 saturated carbocycles. The molecule has 3 N–H and O–H groups in total. The van der Waals surface area contributed by atoms with Gasteiger partial charge in [-0.25, -0.2) is 4.99 Å². The third-order valence-corrected chi connectivity index (χ3v) is 4.20. The van der Waals surface area contributed by atoms with Crippen molar-refractivity contribution in [1.82, 2.24) is 16.0 Å². The van der Waals surface area contributed by atoms with Gasteiger partial charge in [0.05, 0.1) is 22.7 Å². The van der Waals surface area contributed by atoms with Crippen LogP contribution in [0.5, 0.6) is 0 Å². The summed E-state index contributed by atoms with van der Waals surface area (Å²) in [5.74, 6) is 0.225. The Kier molecular flexibility index (Phi) is 11.0. The molecule has 0 aliphatic carbocycles. The first-order valence-electron chi connectivity index (χ1n) is 9.02. The van der Waals surface area contributed by atoms with Crippen LogP contribution in [0.1, 0.15) is 28.4 Å². The van der Waals surface area contributed by atoms with Crippen molar-refractivity contribution >= 4 is 47.4 Å². The molecule has 2 aromatic carbocycles. The summed E-state index contributed by atoms with van der Waals surface area (Å²) in [6, 6.07) is 11.6. The van der Waals surface area contributed by atoms with Gasteiger partial charge in [-0.05, 0) is 36.8 Å². The van der Waals surface area contributed by atoms with Crippen molar-refractivity contribution in [2.24, 2.45) is 4.99 Å². The number of alkyl halides is 3. The van der Waals surface area contributed by atoms with Gasteiger partial charge in [-0.2, -0.15) is 13.2 Å². The summed E-state index contributed by atoms with van der Waals surface area (Å²) in [7, 11) is 0. The predicted molar refractivity (Wildman–Crippen MR) is 123 cm³/mol. The molecule has 0 spiro atoms. The van der Waals surface area contributed by atoms with E-state index < -0.39 is 11.7 Å². The zero-order chi connectivity index (χ0) is 21.3. The predicted octanol–water partition coefficient (Wildman–Crippen LogP) is 4.46. The molecule has 0 heterocycles. The molecule has 0 atom stereocenters. The van der Waals surface area contributed by atoms with E-state index >= 15 is 0 Å². The fourth-order valence-corrected chi connectivity index (χ4v) is 2.63. The maximum Gasteiger partial charge on any atom is 0.416 e. The number of hydrogen-bond acceptors (Lipinski definition) is 2. The molecule has 0 bridgehead atoms. The van der Waals surface area contributed by atoms with Gasteiger partial charge < -0.3 is 16.0 Å². The molecule has 30 heavy (non-hydrogen) atoms. The average molecular weight is 555 g/mol. The van der Waals surface area contributed by atoms with Crippen LogP contribution < -0.4 is 16.0 Å². The lowest BCUT2D eigenvalue weighted by atomic mass is 10.1. The van der Waals surface area contributed by atoms with Crippen LogP contribution in [-0.4, -0.2) is 31.5 Å². The van der Waals surface area contributed by atoms with Gasteiger partial charge in [0.2, 0.25) is 0 Å². The number of rotatable bonds is 7. The van der Waals surface area contributed by atoms with Gasteiger partial charge >= 0.3 is 6.18 Å². The van der Waals surface area contributed by atoms with Crippen molar-refractivity contribution in [2.45, 2.75) is 19.6 Å². The fourth-order valence-electron chi connectivity index (χ4n) is 2.41. The third kappa shape index (κ3) is 8.39. The molecule has 0 aliphatic rings. The van der Waals surface area contributed by atoms with Crippen LogP contribution in [0.25, 0.3) is 0 Å². The number of halogens is 5. The number of amides is 1. The summed E-state index contributed by atoms with van der Waals surface area (Å²) >= 11 is 5.99. The van der Waals surface area contributed by atoms with E-state index in [1.54, 1.807) is 24.3 Å². The molecule has 10 heteroatoms. The number of nitrogens with zero attached hydrogens (tertiary/aromatic N) is 1. The summed E-state index contributed by atoms with van der Waals surface area (Å²) < 4.78 is 37.8. The molecule has 1 amide bonds. The molecule has 0 saturated heterocycles. The molecule has 0 aromatic heterocycles. The highest BCUT2D eigenvalue weighted by Crippen LogP contribution is 2.29. The number of guanidine groups is 1. The number of hydrogen-bond donors (Lipinski definition) is 3. The summed E-state index contributed by atoms with van der Waals surface area (Å²) in [6.07, 6.45) is -4.35. The van der Waals surface area contributed by atoms with E-state index in [4.69, 9.17) is 11.6 Å². The van der Waals surface area contributed by atoms with Crippen molar-refractivity contribution < 1.29 is 18.0 Å². The van der Waals surface area contributed by atoms with Crippen LogP contribution >= 0.6 is 35.6 Å². The quantitative estimate of drug-likeness (QED) is 0.205. The van der Waals surface area contributed by atoms with Crippen molar-refractivity contribution in [3.05, 3.63) is 70.2 Å². The van der Waals surface area contributed by atoms with Gasteiger partial charge in [0.1, 0.15) is 0 Å². The van der Waals surface area contributed by atoms with Crippen LogP contribution in [0.4, 0.5) is 13.2 Å². The Morgan fingerprint density at radius 2 is 1.63 bits per heavy atom. The van der Waals surface area contributed by atoms with Gasteiger partial charge in [0, 0.05) is 19.6 Å². The minimum absolute atomic E-state index is 0. The van der Waals surface area contributed by atoms with Crippen LogP contribution in [0, 0.1) is 0 Å². The molecule has 0 aliphatic heterocycles. The lowest BCUT2D eigenvalue weighted by molar-refractivity contribution is -0.137. The van der Waals surface area contributed by atoms with Crippen molar-refractivity contribution in [2.75, 3.05) is 19.6 Å². The second-order valence-electron chi connectivity index (χ2n) is 6.05. The minimum Gasteiger partial charge on any atom is -0.357 e.